The van der Waals surface area contributed by atoms with Gasteiger partial charge in [0.25, 0.3) is 0 Å². The zero-order valence-electron chi connectivity index (χ0n) is 11.8. The zero-order chi connectivity index (χ0) is 14.9. The number of thioether (sulfide) groups is 1. The van der Waals surface area contributed by atoms with Crippen LogP contribution in [0.3, 0.4) is 0 Å². The van der Waals surface area contributed by atoms with Gasteiger partial charge in [-0.3, -0.25) is 0 Å². The molecule has 114 valence electrons. The van der Waals surface area contributed by atoms with Gasteiger partial charge in [-0.05, 0) is 30.7 Å². The second kappa shape index (κ2) is 6.10. The van der Waals surface area contributed by atoms with Crippen LogP contribution in [-0.2, 0) is 0 Å². The van der Waals surface area contributed by atoms with E-state index in [4.69, 9.17) is 11.6 Å². The lowest BCUT2D eigenvalue weighted by Gasteiger charge is -2.21. The molecule has 0 amide bonds. The number of benzene rings is 1. The van der Waals surface area contributed by atoms with Gasteiger partial charge in [-0.25, -0.2) is 9.50 Å². The highest BCUT2D eigenvalue weighted by molar-refractivity contribution is 7.99. The van der Waals surface area contributed by atoms with Crippen LogP contribution in [0.15, 0.2) is 30.5 Å². The first-order chi connectivity index (χ1) is 10.8. The summed E-state index contributed by atoms with van der Waals surface area (Å²) >= 11 is 9.54. The summed E-state index contributed by atoms with van der Waals surface area (Å²) in [4.78, 5) is 5.57. The maximum atomic E-state index is 5.92. The molecule has 0 aliphatic carbocycles. The monoisotopic (exact) mass is 350 g/mol. The van der Waals surface area contributed by atoms with Crippen LogP contribution >= 0.6 is 34.7 Å². The first kappa shape index (κ1) is 14.4. The Kier molecular flexibility index (Phi) is 3.98. The van der Waals surface area contributed by atoms with Crippen molar-refractivity contribution in [2.45, 2.75) is 18.9 Å². The maximum Gasteiger partial charge on any atom is 0.214 e. The minimum absolute atomic E-state index is 0.533. The fourth-order valence-electron chi connectivity index (χ4n) is 2.55. The Hall–Kier alpha value is -1.24. The number of hydrogen-bond acceptors (Lipinski definition) is 5. The van der Waals surface area contributed by atoms with Crippen molar-refractivity contribution in [1.82, 2.24) is 14.6 Å². The molecule has 1 aliphatic heterocycles. The Bertz CT molecular complexity index is 743. The van der Waals surface area contributed by atoms with Crippen LogP contribution in [0, 0.1) is 0 Å². The van der Waals surface area contributed by atoms with Gasteiger partial charge < -0.3 is 5.32 Å². The minimum Gasteiger partial charge on any atom is -0.357 e. The van der Waals surface area contributed by atoms with Crippen molar-refractivity contribution >= 4 is 44.8 Å². The van der Waals surface area contributed by atoms with Gasteiger partial charge in [0.2, 0.25) is 10.1 Å². The van der Waals surface area contributed by atoms with Crippen molar-refractivity contribution in [2.24, 2.45) is 0 Å². The number of imidazole rings is 1. The standard InChI is InChI=1S/C15H15ClN4S2/c16-11-5-3-10(4-6-11)13-8-20-15(18-13)22-14(19-20)17-12-2-1-7-21-9-12/h3-6,8,12H,1-2,7,9H2,(H,17,19). The number of halogens is 1. The van der Waals surface area contributed by atoms with Gasteiger partial charge in [-0.15, -0.1) is 5.10 Å². The van der Waals surface area contributed by atoms with E-state index in [1.54, 1.807) is 11.3 Å². The van der Waals surface area contributed by atoms with Gasteiger partial charge in [0.1, 0.15) is 0 Å². The molecule has 1 fully saturated rings. The van der Waals surface area contributed by atoms with E-state index in [1.807, 2.05) is 46.7 Å². The summed E-state index contributed by atoms with van der Waals surface area (Å²) in [7, 11) is 0. The molecule has 1 atom stereocenters. The summed E-state index contributed by atoms with van der Waals surface area (Å²) < 4.78 is 1.85. The van der Waals surface area contributed by atoms with E-state index in [0.717, 1.165) is 32.1 Å². The average molecular weight is 351 g/mol. The fraction of sp³-hybridized carbons (Fsp3) is 0.333. The van der Waals surface area contributed by atoms with Crippen molar-refractivity contribution in [3.05, 3.63) is 35.5 Å². The number of hydrogen-bond donors (Lipinski definition) is 1. The molecule has 1 N–H and O–H groups in total. The molecule has 2 aromatic heterocycles. The molecule has 22 heavy (non-hydrogen) atoms. The summed E-state index contributed by atoms with van der Waals surface area (Å²) in [5.74, 6) is 2.45. The van der Waals surface area contributed by atoms with E-state index < -0.39 is 0 Å². The van der Waals surface area contributed by atoms with Gasteiger partial charge in [0.05, 0.1) is 11.9 Å². The van der Waals surface area contributed by atoms with E-state index in [9.17, 15) is 0 Å². The third kappa shape index (κ3) is 2.95. The highest BCUT2D eigenvalue weighted by atomic mass is 35.5. The molecule has 1 saturated heterocycles. The minimum atomic E-state index is 0.533. The summed E-state index contributed by atoms with van der Waals surface area (Å²) in [5, 5.41) is 9.82. The molecular weight excluding hydrogens is 336 g/mol. The molecule has 0 radical (unpaired) electrons. The highest BCUT2D eigenvalue weighted by Gasteiger charge is 2.16. The molecule has 4 nitrogen and oxygen atoms in total. The SMILES string of the molecule is Clc1ccc(-c2cn3nc(NC4CCCSC4)sc3n2)cc1. The summed E-state index contributed by atoms with van der Waals surface area (Å²) in [6.07, 6.45) is 4.48. The van der Waals surface area contributed by atoms with Gasteiger partial charge >= 0.3 is 0 Å². The summed E-state index contributed by atoms with van der Waals surface area (Å²) in [6, 6.07) is 8.25. The Morgan fingerprint density at radius 2 is 2.14 bits per heavy atom. The Morgan fingerprint density at radius 1 is 1.27 bits per heavy atom. The van der Waals surface area contributed by atoms with Crippen molar-refractivity contribution < 1.29 is 0 Å². The molecule has 1 aliphatic rings. The molecule has 4 rings (SSSR count). The predicted molar refractivity (Wildman–Crippen MR) is 95.3 cm³/mol. The van der Waals surface area contributed by atoms with Crippen molar-refractivity contribution in [3.8, 4) is 11.3 Å². The molecule has 0 spiro atoms. The number of nitrogens with one attached hydrogen (secondary N) is 1. The molecule has 0 saturated carbocycles. The van der Waals surface area contributed by atoms with Crippen LogP contribution in [0.1, 0.15) is 12.8 Å². The summed E-state index contributed by atoms with van der Waals surface area (Å²) in [5.41, 5.74) is 1.98. The number of rotatable bonds is 3. The lowest BCUT2D eigenvalue weighted by Crippen LogP contribution is -2.25. The molecule has 1 unspecified atom stereocenters. The molecular formula is C15H15ClN4S2. The Morgan fingerprint density at radius 3 is 2.86 bits per heavy atom. The fourth-order valence-corrected chi connectivity index (χ4v) is 4.60. The van der Waals surface area contributed by atoms with Crippen molar-refractivity contribution in [2.75, 3.05) is 16.8 Å². The largest absolute Gasteiger partial charge is 0.357 e. The van der Waals surface area contributed by atoms with E-state index in [2.05, 4.69) is 15.4 Å². The first-order valence-electron chi connectivity index (χ1n) is 7.24. The second-order valence-corrected chi connectivity index (χ2v) is 7.87. The Labute approximate surface area is 141 Å². The lowest BCUT2D eigenvalue weighted by atomic mass is 10.2. The van der Waals surface area contributed by atoms with Crippen molar-refractivity contribution in [3.63, 3.8) is 0 Å². The third-order valence-corrected chi connectivity index (χ3v) is 5.99. The molecule has 1 aromatic carbocycles. The van der Waals surface area contributed by atoms with Gasteiger partial charge in [-0.2, -0.15) is 11.8 Å². The quantitative estimate of drug-likeness (QED) is 0.759. The van der Waals surface area contributed by atoms with Gasteiger partial charge in [0.15, 0.2) is 0 Å². The Balaban J connectivity index is 1.55. The van der Waals surface area contributed by atoms with Crippen LogP contribution in [-0.4, -0.2) is 32.1 Å². The van der Waals surface area contributed by atoms with Crippen molar-refractivity contribution in [1.29, 1.82) is 0 Å². The second-order valence-electron chi connectivity index (χ2n) is 5.33. The number of fused-ring (bicyclic) bond motifs is 1. The predicted octanol–water partition coefficient (Wildman–Crippen LogP) is 4.42. The van der Waals surface area contributed by atoms with Gasteiger partial charge in [0, 0.05) is 22.4 Å². The lowest BCUT2D eigenvalue weighted by molar-refractivity contribution is 0.682. The maximum absolute atomic E-state index is 5.92. The van der Waals surface area contributed by atoms with E-state index in [1.165, 1.54) is 18.6 Å². The smallest absolute Gasteiger partial charge is 0.214 e. The zero-order valence-corrected chi connectivity index (χ0v) is 14.2. The highest BCUT2D eigenvalue weighted by Crippen LogP contribution is 2.27. The first-order valence-corrected chi connectivity index (χ1v) is 9.59. The van der Waals surface area contributed by atoms with E-state index >= 15 is 0 Å². The number of aromatic nitrogens is 3. The topological polar surface area (TPSA) is 42.2 Å². The molecule has 0 bridgehead atoms. The molecule has 3 aromatic rings. The third-order valence-electron chi connectivity index (χ3n) is 3.67. The van der Waals surface area contributed by atoms with E-state index in [-0.39, 0.29) is 0 Å². The van der Waals surface area contributed by atoms with Crippen LogP contribution in [0.4, 0.5) is 5.13 Å². The number of anilines is 1. The van der Waals surface area contributed by atoms with Gasteiger partial charge in [-0.1, -0.05) is 35.1 Å². The number of nitrogens with zero attached hydrogens (tertiary/aromatic N) is 3. The normalized spacial score (nSPS) is 18.7. The molecule has 3 heterocycles. The van der Waals surface area contributed by atoms with Crippen LogP contribution < -0.4 is 5.32 Å². The van der Waals surface area contributed by atoms with E-state index in [0.29, 0.717) is 6.04 Å². The van der Waals surface area contributed by atoms with Crippen LogP contribution in [0.5, 0.6) is 0 Å². The average Bonchev–Trinajstić information content (AvgIpc) is 3.07. The van der Waals surface area contributed by atoms with Crippen LogP contribution in [0.2, 0.25) is 5.02 Å². The summed E-state index contributed by atoms with van der Waals surface area (Å²) in [6.45, 7) is 0. The molecule has 7 heteroatoms. The van der Waals surface area contributed by atoms with Crippen LogP contribution in [0.25, 0.3) is 16.2 Å².